The van der Waals surface area contributed by atoms with Gasteiger partial charge in [0.15, 0.2) is 0 Å². The third kappa shape index (κ3) is 3.09. The molecule has 3 aromatic heterocycles. The fourth-order valence-electron chi connectivity index (χ4n) is 4.39. The Hall–Kier alpha value is -3.12. The molecule has 4 aromatic rings. The zero-order valence-corrected chi connectivity index (χ0v) is 17.0. The van der Waals surface area contributed by atoms with Crippen molar-refractivity contribution >= 4 is 33.5 Å². The summed E-state index contributed by atoms with van der Waals surface area (Å²) in [5, 5.41) is 5.08. The second kappa shape index (κ2) is 6.74. The summed E-state index contributed by atoms with van der Waals surface area (Å²) in [6.45, 7) is 5.24. The van der Waals surface area contributed by atoms with Crippen LogP contribution in [0.25, 0.3) is 21.8 Å². The van der Waals surface area contributed by atoms with Gasteiger partial charge in [-0.2, -0.15) is 0 Å². The Kier molecular flexibility index (Phi) is 4.17. The number of amides is 1. The number of fused-ring (bicyclic) bond motifs is 2. The molecule has 0 aliphatic carbocycles. The van der Waals surface area contributed by atoms with Crippen LogP contribution in [0.3, 0.4) is 0 Å². The Morgan fingerprint density at radius 1 is 1.17 bits per heavy atom. The van der Waals surface area contributed by atoms with Gasteiger partial charge in [-0.15, -0.1) is 0 Å². The fraction of sp³-hybridized carbons (Fsp3) is 0.304. The van der Waals surface area contributed by atoms with E-state index in [0.29, 0.717) is 17.4 Å². The minimum atomic E-state index is -0.153. The maximum absolute atomic E-state index is 12.8. The third-order valence-corrected chi connectivity index (χ3v) is 6.22. The van der Waals surface area contributed by atoms with Crippen molar-refractivity contribution in [2.75, 3.05) is 18.9 Å². The molecule has 29 heavy (non-hydrogen) atoms. The number of aromatic amines is 2. The molecule has 0 spiro atoms. The standard InChI is InChI=1S/C23H25N5O/c1-13-14(2)25-18-7-6-15(9-17(13)18)23(29)27-22-11-19-16(12-24-22)10-20(26-19)21-5-4-8-28(21)3/h6-7,9-12,21,25-26H,4-5,8H2,1-3H3,(H,24,27,29)/t21-/m1/s1. The molecular weight excluding hydrogens is 362 g/mol. The number of hydrogen-bond acceptors (Lipinski definition) is 3. The second-order valence-corrected chi connectivity index (χ2v) is 8.11. The van der Waals surface area contributed by atoms with Crippen molar-refractivity contribution in [2.24, 2.45) is 0 Å². The smallest absolute Gasteiger partial charge is 0.256 e. The average Bonchev–Trinajstić information content (AvgIpc) is 3.39. The van der Waals surface area contributed by atoms with Crippen molar-refractivity contribution in [2.45, 2.75) is 32.7 Å². The Bertz CT molecular complexity index is 1240. The van der Waals surface area contributed by atoms with Gasteiger partial charge in [0, 0.05) is 51.5 Å². The number of aromatic nitrogens is 3. The molecule has 4 heterocycles. The lowest BCUT2D eigenvalue weighted by Crippen LogP contribution is -2.17. The number of hydrogen-bond donors (Lipinski definition) is 3. The van der Waals surface area contributed by atoms with E-state index in [9.17, 15) is 4.79 Å². The van der Waals surface area contributed by atoms with Gasteiger partial charge in [-0.3, -0.25) is 9.69 Å². The van der Waals surface area contributed by atoms with Crippen LogP contribution >= 0.6 is 0 Å². The van der Waals surface area contributed by atoms with Gasteiger partial charge < -0.3 is 15.3 Å². The van der Waals surface area contributed by atoms with Crippen LogP contribution < -0.4 is 5.32 Å². The molecule has 6 heteroatoms. The van der Waals surface area contributed by atoms with Crippen molar-refractivity contribution in [3.05, 3.63) is 59.0 Å². The van der Waals surface area contributed by atoms with Crippen LogP contribution in [0.2, 0.25) is 0 Å². The first-order chi connectivity index (χ1) is 14.0. The first kappa shape index (κ1) is 17.9. The molecular formula is C23H25N5O. The molecule has 1 amide bonds. The van der Waals surface area contributed by atoms with Gasteiger partial charge in [0.2, 0.25) is 0 Å². The van der Waals surface area contributed by atoms with Crippen LogP contribution in [0.15, 0.2) is 36.5 Å². The summed E-state index contributed by atoms with van der Waals surface area (Å²) in [4.78, 5) is 26.5. The van der Waals surface area contributed by atoms with E-state index >= 15 is 0 Å². The number of nitrogens with zero attached hydrogens (tertiary/aromatic N) is 2. The lowest BCUT2D eigenvalue weighted by Gasteiger charge is -2.17. The number of likely N-dealkylation sites (tertiary alicyclic amines) is 1. The maximum atomic E-state index is 12.8. The largest absolute Gasteiger partial charge is 0.358 e. The molecule has 1 atom stereocenters. The molecule has 6 nitrogen and oxygen atoms in total. The van der Waals surface area contributed by atoms with Crippen molar-refractivity contribution in [3.8, 4) is 0 Å². The third-order valence-electron chi connectivity index (χ3n) is 6.22. The number of nitrogens with one attached hydrogen (secondary N) is 3. The van der Waals surface area contributed by atoms with Crippen LogP contribution in [0.4, 0.5) is 5.82 Å². The number of anilines is 1. The maximum Gasteiger partial charge on any atom is 0.256 e. The van der Waals surface area contributed by atoms with Crippen LogP contribution in [0, 0.1) is 13.8 Å². The van der Waals surface area contributed by atoms with Crippen molar-refractivity contribution in [1.29, 1.82) is 0 Å². The molecule has 3 N–H and O–H groups in total. The first-order valence-corrected chi connectivity index (χ1v) is 10.1. The van der Waals surface area contributed by atoms with E-state index in [2.05, 4.69) is 45.2 Å². The van der Waals surface area contributed by atoms with E-state index in [1.807, 2.05) is 37.4 Å². The topological polar surface area (TPSA) is 76.8 Å². The molecule has 148 valence electrons. The predicted octanol–water partition coefficient (Wildman–Crippen LogP) is 4.68. The fourth-order valence-corrected chi connectivity index (χ4v) is 4.39. The molecule has 0 bridgehead atoms. The average molecular weight is 387 g/mol. The Labute approximate surface area is 169 Å². The van der Waals surface area contributed by atoms with Gasteiger partial charge in [0.05, 0.1) is 5.52 Å². The van der Waals surface area contributed by atoms with Crippen molar-refractivity contribution < 1.29 is 4.79 Å². The van der Waals surface area contributed by atoms with Gasteiger partial charge in [-0.1, -0.05) is 0 Å². The molecule has 1 aromatic carbocycles. The monoisotopic (exact) mass is 387 g/mol. The highest BCUT2D eigenvalue weighted by molar-refractivity contribution is 6.06. The van der Waals surface area contributed by atoms with Gasteiger partial charge in [-0.25, -0.2) is 4.98 Å². The van der Waals surface area contributed by atoms with E-state index in [1.165, 1.54) is 24.1 Å². The van der Waals surface area contributed by atoms with E-state index in [1.54, 1.807) is 0 Å². The first-order valence-electron chi connectivity index (χ1n) is 10.1. The zero-order chi connectivity index (χ0) is 20.1. The normalized spacial score (nSPS) is 17.4. The number of aryl methyl sites for hydroxylation is 2. The van der Waals surface area contributed by atoms with Crippen LogP contribution in [0.1, 0.15) is 46.2 Å². The second-order valence-electron chi connectivity index (χ2n) is 8.11. The molecule has 5 rings (SSSR count). The quantitative estimate of drug-likeness (QED) is 0.478. The van der Waals surface area contributed by atoms with Crippen LogP contribution in [0.5, 0.6) is 0 Å². The summed E-state index contributed by atoms with van der Waals surface area (Å²) in [6, 6.07) is 10.2. The van der Waals surface area contributed by atoms with Gasteiger partial charge >= 0.3 is 0 Å². The Morgan fingerprint density at radius 3 is 2.83 bits per heavy atom. The van der Waals surface area contributed by atoms with E-state index in [4.69, 9.17) is 0 Å². The highest BCUT2D eigenvalue weighted by Crippen LogP contribution is 2.32. The van der Waals surface area contributed by atoms with E-state index < -0.39 is 0 Å². The number of carbonyl (C=O) groups excluding carboxylic acids is 1. The van der Waals surface area contributed by atoms with Gasteiger partial charge in [0.25, 0.3) is 5.91 Å². The highest BCUT2D eigenvalue weighted by Gasteiger charge is 2.24. The number of rotatable bonds is 3. The number of pyridine rings is 1. The van der Waals surface area contributed by atoms with Gasteiger partial charge in [0.1, 0.15) is 5.82 Å². The van der Waals surface area contributed by atoms with E-state index in [0.717, 1.165) is 34.0 Å². The molecule has 0 radical (unpaired) electrons. The summed E-state index contributed by atoms with van der Waals surface area (Å²) in [5.41, 5.74) is 6.19. The minimum Gasteiger partial charge on any atom is -0.358 e. The number of carbonyl (C=O) groups is 1. The summed E-state index contributed by atoms with van der Waals surface area (Å²) in [6.07, 6.45) is 4.21. The van der Waals surface area contributed by atoms with Crippen molar-refractivity contribution in [3.63, 3.8) is 0 Å². The molecule has 1 fully saturated rings. The van der Waals surface area contributed by atoms with Gasteiger partial charge in [-0.05, 0) is 70.1 Å². The van der Waals surface area contributed by atoms with Crippen LogP contribution in [-0.4, -0.2) is 39.4 Å². The SMILES string of the molecule is Cc1[nH]c2ccc(C(=O)Nc3cc4[nH]c([C@H]5CCCN5C)cc4cn3)cc2c1C. The zero-order valence-electron chi connectivity index (χ0n) is 17.0. The highest BCUT2D eigenvalue weighted by atomic mass is 16.1. The molecule has 0 saturated carbocycles. The Balaban J connectivity index is 1.41. The van der Waals surface area contributed by atoms with Crippen LogP contribution in [-0.2, 0) is 0 Å². The lowest BCUT2D eigenvalue weighted by molar-refractivity contribution is 0.102. The van der Waals surface area contributed by atoms with E-state index in [-0.39, 0.29) is 5.91 Å². The summed E-state index contributed by atoms with van der Waals surface area (Å²) >= 11 is 0. The van der Waals surface area contributed by atoms with Crippen molar-refractivity contribution in [1.82, 2.24) is 19.9 Å². The summed E-state index contributed by atoms with van der Waals surface area (Å²) in [5.74, 6) is 0.400. The predicted molar refractivity (Wildman–Crippen MR) is 116 cm³/mol. The summed E-state index contributed by atoms with van der Waals surface area (Å²) in [7, 11) is 2.16. The molecule has 1 aliphatic rings. The Morgan fingerprint density at radius 2 is 2.03 bits per heavy atom. The number of H-pyrrole nitrogens is 2. The summed E-state index contributed by atoms with van der Waals surface area (Å²) < 4.78 is 0. The minimum absolute atomic E-state index is 0.153. The number of benzene rings is 1. The lowest BCUT2D eigenvalue weighted by atomic mass is 10.1. The molecule has 1 saturated heterocycles. The molecule has 0 unspecified atom stereocenters. The molecule has 1 aliphatic heterocycles.